The number of hydrazone groups is 1. The molecule has 2 amide bonds. The number of halogens is 1. The molecule has 27 heavy (non-hydrogen) atoms. The molecule has 0 aliphatic rings. The quantitative estimate of drug-likeness (QED) is 0.321. The molecule has 0 unspecified atom stereocenters. The molecule has 2 aromatic carbocycles. The highest BCUT2D eigenvalue weighted by Gasteiger charge is 2.08. The highest BCUT2D eigenvalue weighted by Crippen LogP contribution is 2.15. The van der Waals surface area contributed by atoms with Crippen molar-refractivity contribution in [3.8, 4) is 5.75 Å². The molecule has 3 N–H and O–H groups in total. The minimum Gasteiger partial charge on any atom is -0.508 e. The molecule has 0 fully saturated rings. The topological polar surface area (TPSA) is 90.8 Å². The molecule has 0 radical (unpaired) electrons. The molecular formula is C20H22BrN3O3. The fraction of sp³-hybridized carbons (Fsp3) is 0.250. The Morgan fingerprint density at radius 1 is 1.04 bits per heavy atom. The number of rotatable bonds is 9. The molecular weight excluding hydrogens is 410 g/mol. The van der Waals surface area contributed by atoms with Gasteiger partial charge >= 0.3 is 0 Å². The van der Waals surface area contributed by atoms with Gasteiger partial charge < -0.3 is 10.4 Å². The Hall–Kier alpha value is -2.67. The van der Waals surface area contributed by atoms with Gasteiger partial charge in [-0.1, -0.05) is 18.6 Å². The summed E-state index contributed by atoms with van der Waals surface area (Å²) in [4.78, 5) is 23.7. The average Bonchev–Trinajstić information content (AvgIpc) is 2.66. The van der Waals surface area contributed by atoms with E-state index in [1.54, 1.807) is 30.3 Å². The van der Waals surface area contributed by atoms with E-state index >= 15 is 0 Å². The van der Waals surface area contributed by atoms with Gasteiger partial charge in [0.15, 0.2) is 0 Å². The molecule has 7 heteroatoms. The van der Waals surface area contributed by atoms with Crippen LogP contribution in [0.25, 0.3) is 0 Å². The number of carbonyl (C=O) groups is 2. The number of hydrogen-bond donors (Lipinski definition) is 3. The van der Waals surface area contributed by atoms with Gasteiger partial charge in [0.25, 0.3) is 5.91 Å². The number of phenols is 1. The first-order chi connectivity index (χ1) is 13.1. The van der Waals surface area contributed by atoms with E-state index in [0.717, 1.165) is 29.3 Å². The first kappa shape index (κ1) is 20.6. The van der Waals surface area contributed by atoms with Crippen LogP contribution in [-0.4, -0.2) is 29.7 Å². The van der Waals surface area contributed by atoms with E-state index in [4.69, 9.17) is 0 Å². The number of aromatic hydroxyl groups is 1. The van der Waals surface area contributed by atoms with E-state index < -0.39 is 0 Å². The standard InChI is InChI=1S/C20H22BrN3O3/c21-18-7-4-3-6-17(18)20(27)22-13-5-1-2-8-19(26)24-23-14-15-9-11-16(25)12-10-15/h3-4,6-7,9-12,14,25H,1-2,5,8,13H2,(H,22,27)(H,24,26). The maximum Gasteiger partial charge on any atom is 0.252 e. The highest BCUT2D eigenvalue weighted by molar-refractivity contribution is 9.10. The van der Waals surface area contributed by atoms with Crippen molar-refractivity contribution in [2.75, 3.05) is 6.54 Å². The maximum absolute atomic E-state index is 12.0. The van der Waals surface area contributed by atoms with Gasteiger partial charge in [-0.05, 0) is 70.7 Å². The monoisotopic (exact) mass is 431 g/mol. The lowest BCUT2D eigenvalue weighted by molar-refractivity contribution is -0.121. The normalized spacial score (nSPS) is 10.7. The van der Waals surface area contributed by atoms with Crippen molar-refractivity contribution in [1.82, 2.24) is 10.7 Å². The zero-order valence-corrected chi connectivity index (χ0v) is 16.4. The van der Waals surface area contributed by atoms with E-state index in [2.05, 4.69) is 31.8 Å². The third-order valence-electron chi connectivity index (χ3n) is 3.78. The molecule has 0 bridgehead atoms. The third kappa shape index (κ3) is 7.62. The number of benzene rings is 2. The minimum atomic E-state index is -0.151. The lowest BCUT2D eigenvalue weighted by Crippen LogP contribution is -2.24. The summed E-state index contributed by atoms with van der Waals surface area (Å²) in [5, 5.41) is 15.9. The summed E-state index contributed by atoms with van der Waals surface area (Å²) in [5.41, 5.74) is 3.88. The molecule has 6 nitrogen and oxygen atoms in total. The van der Waals surface area contributed by atoms with E-state index in [9.17, 15) is 14.7 Å². The minimum absolute atomic E-state index is 0.108. The molecule has 0 atom stereocenters. The second-order valence-electron chi connectivity index (χ2n) is 5.93. The predicted octanol–water partition coefficient (Wildman–Crippen LogP) is 3.60. The molecule has 142 valence electrons. The van der Waals surface area contributed by atoms with Crippen LogP contribution in [-0.2, 0) is 4.79 Å². The van der Waals surface area contributed by atoms with Crippen molar-refractivity contribution in [3.05, 3.63) is 64.1 Å². The third-order valence-corrected chi connectivity index (χ3v) is 4.47. The molecule has 0 aliphatic carbocycles. The molecule has 2 aromatic rings. The first-order valence-corrected chi connectivity index (χ1v) is 9.49. The van der Waals surface area contributed by atoms with Crippen LogP contribution in [0.15, 0.2) is 58.1 Å². The maximum atomic E-state index is 12.0. The summed E-state index contributed by atoms with van der Waals surface area (Å²) in [6, 6.07) is 13.8. The Balaban J connectivity index is 1.56. The SMILES string of the molecule is O=C(CCCCCNC(=O)c1ccccc1Br)NN=Cc1ccc(O)cc1. The molecule has 0 aliphatic heterocycles. The van der Waals surface area contributed by atoms with Gasteiger partial charge in [-0.25, -0.2) is 5.43 Å². The summed E-state index contributed by atoms with van der Waals surface area (Å²) >= 11 is 3.36. The van der Waals surface area contributed by atoms with E-state index in [1.807, 2.05) is 18.2 Å². The number of unbranched alkanes of at least 4 members (excludes halogenated alkanes) is 2. The van der Waals surface area contributed by atoms with Crippen molar-refractivity contribution in [2.24, 2.45) is 5.10 Å². The highest BCUT2D eigenvalue weighted by atomic mass is 79.9. The summed E-state index contributed by atoms with van der Waals surface area (Å²) in [7, 11) is 0. The zero-order valence-electron chi connectivity index (χ0n) is 14.8. The van der Waals surface area contributed by atoms with Gasteiger partial charge in [-0.15, -0.1) is 0 Å². The molecule has 0 spiro atoms. The average molecular weight is 432 g/mol. The first-order valence-electron chi connectivity index (χ1n) is 8.70. The lowest BCUT2D eigenvalue weighted by Gasteiger charge is -2.06. The summed E-state index contributed by atoms with van der Waals surface area (Å²) in [6.45, 7) is 0.570. The molecule has 0 heterocycles. The van der Waals surface area contributed by atoms with Crippen LogP contribution >= 0.6 is 15.9 Å². The van der Waals surface area contributed by atoms with Crippen LogP contribution in [0.2, 0.25) is 0 Å². The summed E-state index contributed by atoms with van der Waals surface area (Å²) in [6.07, 6.45) is 4.27. The predicted molar refractivity (Wildman–Crippen MR) is 109 cm³/mol. The molecule has 0 aromatic heterocycles. The second kappa shape index (κ2) is 11.1. The molecule has 0 saturated heterocycles. The largest absolute Gasteiger partial charge is 0.508 e. The number of nitrogens with zero attached hydrogens (tertiary/aromatic N) is 1. The Morgan fingerprint density at radius 2 is 1.78 bits per heavy atom. The Bertz CT molecular complexity index is 791. The van der Waals surface area contributed by atoms with Crippen molar-refractivity contribution < 1.29 is 14.7 Å². The van der Waals surface area contributed by atoms with Crippen LogP contribution in [0.5, 0.6) is 5.75 Å². The van der Waals surface area contributed by atoms with Crippen molar-refractivity contribution in [2.45, 2.75) is 25.7 Å². The van der Waals surface area contributed by atoms with Gasteiger partial charge in [0.05, 0.1) is 11.8 Å². The van der Waals surface area contributed by atoms with Crippen LogP contribution < -0.4 is 10.7 Å². The second-order valence-corrected chi connectivity index (χ2v) is 6.79. The smallest absolute Gasteiger partial charge is 0.252 e. The van der Waals surface area contributed by atoms with Crippen molar-refractivity contribution >= 4 is 34.0 Å². The van der Waals surface area contributed by atoms with E-state index in [0.29, 0.717) is 18.5 Å². The van der Waals surface area contributed by atoms with Crippen molar-refractivity contribution in [1.29, 1.82) is 0 Å². The van der Waals surface area contributed by atoms with E-state index in [1.165, 1.54) is 6.21 Å². The summed E-state index contributed by atoms with van der Waals surface area (Å²) in [5.74, 6) is -0.0742. The van der Waals surface area contributed by atoms with Crippen molar-refractivity contribution in [3.63, 3.8) is 0 Å². The van der Waals surface area contributed by atoms with Gasteiger partial charge in [0.2, 0.25) is 5.91 Å². The van der Waals surface area contributed by atoms with Crippen LogP contribution in [0.4, 0.5) is 0 Å². The Labute approximate surface area is 166 Å². The van der Waals surface area contributed by atoms with Gasteiger partial charge in [-0.3, -0.25) is 9.59 Å². The fourth-order valence-corrected chi connectivity index (χ4v) is 2.79. The fourth-order valence-electron chi connectivity index (χ4n) is 2.32. The van der Waals surface area contributed by atoms with Gasteiger partial charge in [-0.2, -0.15) is 5.10 Å². The van der Waals surface area contributed by atoms with E-state index in [-0.39, 0.29) is 17.6 Å². The van der Waals surface area contributed by atoms with Gasteiger partial charge in [0.1, 0.15) is 5.75 Å². The molecule has 0 saturated carbocycles. The Kier molecular flexibility index (Phi) is 8.51. The lowest BCUT2D eigenvalue weighted by atomic mass is 10.2. The van der Waals surface area contributed by atoms with Crippen LogP contribution in [0.3, 0.4) is 0 Å². The number of hydrogen-bond acceptors (Lipinski definition) is 4. The molecule has 2 rings (SSSR count). The number of carbonyl (C=O) groups excluding carboxylic acids is 2. The number of amides is 2. The van der Waals surface area contributed by atoms with Crippen LogP contribution in [0, 0.1) is 0 Å². The zero-order chi connectivity index (χ0) is 19.5. The van der Waals surface area contributed by atoms with Crippen LogP contribution in [0.1, 0.15) is 41.6 Å². The van der Waals surface area contributed by atoms with Gasteiger partial charge in [0, 0.05) is 17.4 Å². The Morgan fingerprint density at radius 3 is 2.52 bits per heavy atom. The number of phenolic OH excluding ortho intramolecular Hbond substituents is 1. The number of nitrogens with one attached hydrogen (secondary N) is 2. The summed E-state index contributed by atoms with van der Waals surface area (Å²) < 4.78 is 0.770.